The molecule has 9 nitrogen and oxygen atoms in total. The second-order valence-corrected chi connectivity index (χ2v) is 4.09. The summed E-state index contributed by atoms with van der Waals surface area (Å²) >= 11 is 0. The van der Waals surface area contributed by atoms with Crippen LogP contribution in [0.1, 0.15) is 33.1 Å². The molecule has 21 heavy (non-hydrogen) atoms. The molecule has 0 bridgehead atoms. The molecule has 1 saturated heterocycles. The second-order valence-electron chi connectivity index (χ2n) is 4.09. The highest BCUT2D eigenvalue weighted by Crippen LogP contribution is 1.92. The van der Waals surface area contributed by atoms with Crippen molar-refractivity contribution in [3.05, 3.63) is 10.1 Å². The van der Waals surface area contributed by atoms with Crippen LogP contribution in [-0.4, -0.2) is 48.4 Å². The molecule has 0 aromatic rings. The van der Waals surface area contributed by atoms with Crippen molar-refractivity contribution in [3.63, 3.8) is 0 Å². The highest BCUT2D eigenvalue weighted by Gasteiger charge is 2.14. The monoisotopic (exact) mass is 304 g/mol. The standard InChI is InChI=1S/C6H12N2O2.C4H9NO3.C2H3N/c9-6(10)3-5-4-7-1-2-8-5;1-2-3-4-8-5(6)7;1-2-3/h5,7-8H,1-4H2,(H,9,10);2-4H2,1H3;1H3. The lowest BCUT2D eigenvalue weighted by Crippen LogP contribution is -2.49. The molecule has 0 spiro atoms. The Kier molecular flexibility index (Phi) is 16.4. The summed E-state index contributed by atoms with van der Waals surface area (Å²) in [5.74, 6) is -0.735. The van der Waals surface area contributed by atoms with Crippen LogP contribution in [0.2, 0.25) is 0 Å². The number of unbranched alkanes of at least 4 members (excludes halogenated alkanes) is 1. The first-order valence-corrected chi connectivity index (χ1v) is 6.71. The van der Waals surface area contributed by atoms with Crippen LogP contribution in [0.5, 0.6) is 0 Å². The zero-order chi connectivity index (χ0) is 16.5. The Balaban J connectivity index is 0. The summed E-state index contributed by atoms with van der Waals surface area (Å²) in [4.78, 5) is 23.7. The lowest BCUT2D eigenvalue weighted by atomic mass is 10.2. The van der Waals surface area contributed by atoms with Crippen LogP contribution in [0, 0.1) is 21.4 Å². The van der Waals surface area contributed by atoms with Crippen molar-refractivity contribution in [2.75, 3.05) is 26.2 Å². The van der Waals surface area contributed by atoms with Crippen LogP contribution < -0.4 is 10.6 Å². The lowest BCUT2D eigenvalue weighted by molar-refractivity contribution is -0.757. The largest absolute Gasteiger partial charge is 0.481 e. The number of aliphatic carboxylic acids is 1. The van der Waals surface area contributed by atoms with Crippen LogP contribution in [0.4, 0.5) is 0 Å². The summed E-state index contributed by atoms with van der Waals surface area (Å²) in [6, 6.07) is 1.87. The van der Waals surface area contributed by atoms with Gasteiger partial charge in [-0.2, -0.15) is 5.26 Å². The molecule has 1 rings (SSSR count). The number of hydrogen-bond donors (Lipinski definition) is 3. The first kappa shape index (κ1) is 21.4. The second kappa shape index (κ2) is 16.1. The molecule has 1 atom stereocenters. The third-order valence-electron chi connectivity index (χ3n) is 2.24. The Labute approximate surface area is 124 Å². The Morgan fingerprint density at radius 2 is 2.19 bits per heavy atom. The van der Waals surface area contributed by atoms with Crippen LogP contribution in [-0.2, 0) is 9.63 Å². The number of rotatable bonds is 6. The number of nitriles is 1. The van der Waals surface area contributed by atoms with Crippen molar-refractivity contribution < 1.29 is 19.8 Å². The third kappa shape index (κ3) is 20.6. The van der Waals surface area contributed by atoms with E-state index in [0.717, 1.165) is 32.5 Å². The SMILES string of the molecule is CC#N.CCCCO[N+](=O)[O-].O=C(O)CC1CNCCN1. The summed E-state index contributed by atoms with van der Waals surface area (Å²) in [6.07, 6.45) is 1.89. The molecule has 1 unspecified atom stereocenters. The van der Waals surface area contributed by atoms with Gasteiger partial charge in [0, 0.05) is 32.6 Å². The van der Waals surface area contributed by atoms with Crippen LogP contribution >= 0.6 is 0 Å². The van der Waals surface area contributed by atoms with Gasteiger partial charge in [-0.3, -0.25) is 4.79 Å². The van der Waals surface area contributed by atoms with Gasteiger partial charge in [0.25, 0.3) is 5.09 Å². The highest BCUT2D eigenvalue weighted by molar-refractivity contribution is 5.67. The molecule has 0 aromatic carbocycles. The number of hydrogen-bond acceptors (Lipinski definition) is 7. The number of carbonyl (C=O) groups is 1. The van der Waals surface area contributed by atoms with E-state index in [1.807, 2.05) is 6.92 Å². The van der Waals surface area contributed by atoms with Crippen molar-refractivity contribution in [2.45, 2.75) is 39.2 Å². The normalized spacial score (nSPS) is 16.1. The quantitative estimate of drug-likeness (QED) is 0.367. The molecule has 1 aliphatic heterocycles. The zero-order valence-corrected chi connectivity index (χ0v) is 12.5. The first-order chi connectivity index (χ1) is 9.97. The van der Waals surface area contributed by atoms with E-state index in [1.54, 1.807) is 6.07 Å². The van der Waals surface area contributed by atoms with E-state index in [0.29, 0.717) is 0 Å². The molecule has 9 heteroatoms. The van der Waals surface area contributed by atoms with E-state index in [4.69, 9.17) is 10.4 Å². The predicted molar refractivity (Wildman–Crippen MR) is 76.1 cm³/mol. The minimum Gasteiger partial charge on any atom is -0.481 e. The fraction of sp³-hybridized carbons (Fsp3) is 0.833. The van der Waals surface area contributed by atoms with Gasteiger partial charge in [0.2, 0.25) is 0 Å². The molecule has 0 aliphatic carbocycles. The van der Waals surface area contributed by atoms with Crippen molar-refractivity contribution in [2.24, 2.45) is 0 Å². The maximum atomic E-state index is 10.2. The Morgan fingerprint density at radius 3 is 2.57 bits per heavy atom. The molecule has 0 saturated carbocycles. The number of carboxylic acids is 1. The average molecular weight is 304 g/mol. The van der Waals surface area contributed by atoms with E-state index in [2.05, 4.69) is 15.5 Å². The first-order valence-electron chi connectivity index (χ1n) is 6.71. The van der Waals surface area contributed by atoms with Gasteiger partial charge in [-0.1, -0.05) is 13.3 Å². The fourth-order valence-corrected chi connectivity index (χ4v) is 1.35. The summed E-state index contributed by atoms with van der Waals surface area (Å²) in [5.41, 5.74) is 0. The number of nitrogens with one attached hydrogen (secondary N) is 2. The maximum absolute atomic E-state index is 10.2. The summed E-state index contributed by atoms with van der Waals surface area (Å²) in [7, 11) is 0. The molecule has 1 aliphatic rings. The predicted octanol–water partition coefficient (Wildman–Crippen LogP) is 0.547. The zero-order valence-electron chi connectivity index (χ0n) is 12.5. The van der Waals surface area contributed by atoms with Gasteiger partial charge in [-0.15, -0.1) is 10.1 Å². The topological polar surface area (TPSA) is 138 Å². The minimum absolute atomic E-state index is 0.117. The molecule has 122 valence electrons. The Hall–Kier alpha value is -1.92. The molecule has 0 amide bonds. The third-order valence-corrected chi connectivity index (χ3v) is 2.24. The summed E-state index contributed by atoms with van der Waals surface area (Å²) in [5, 5.41) is 30.6. The summed E-state index contributed by atoms with van der Waals surface area (Å²) in [6.45, 7) is 6.19. The Bertz CT molecular complexity index is 313. The van der Waals surface area contributed by atoms with E-state index in [1.165, 1.54) is 6.92 Å². The van der Waals surface area contributed by atoms with Crippen LogP contribution in [0.25, 0.3) is 0 Å². The number of nitrogens with zero attached hydrogens (tertiary/aromatic N) is 2. The molecule has 1 fully saturated rings. The van der Waals surface area contributed by atoms with Crippen molar-refractivity contribution in [1.82, 2.24) is 10.6 Å². The van der Waals surface area contributed by atoms with E-state index >= 15 is 0 Å². The fourth-order valence-electron chi connectivity index (χ4n) is 1.35. The Morgan fingerprint density at radius 1 is 1.57 bits per heavy atom. The van der Waals surface area contributed by atoms with Crippen LogP contribution in [0.15, 0.2) is 0 Å². The van der Waals surface area contributed by atoms with Gasteiger partial charge < -0.3 is 20.6 Å². The van der Waals surface area contributed by atoms with Gasteiger partial charge in [-0.25, -0.2) is 0 Å². The maximum Gasteiger partial charge on any atom is 0.304 e. The minimum atomic E-state index is -0.768. The van der Waals surface area contributed by atoms with Crippen molar-refractivity contribution in [1.29, 1.82) is 5.26 Å². The lowest BCUT2D eigenvalue weighted by Gasteiger charge is -2.22. The van der Waals surface area contributed by atoms with E-state index in [9.17, 15) is 14.9 Å². The smallest absolute Gasteiger partial charge is 0.304 e. The van der Waals surface area contributed by atoms with Gasteiger partial charge in [-0.05, 0) is 6.42 Å². The molecule has 0 radical (unpaired) electrons. The van der Waals surface area contributed by atoms with Crippen molar-refractivity contribution >= 4 is 5.97 Å². The molecular formula is C12H24N4O5. The van der Waals surface area contributed by atoms with E-state index < -0.39 is 11.1 Å². The van der Waals surface area contributed by atoms with E-state index in [-0.39, 0.29) is 19.1 Å². The van der Waals surface area contributed by atoms with Gasteiger partial charge in [0.15, 0.2) is 0 Å². The average Bonchev–Trinajstić information content (AvgIpc) is 2.41. The molecule has 0 aromatic heterocycles. The summed E-state index contributed by atoms with van der Waals surface area (Å²) < 4.78 is 0. The van der Waals surface area contributed by atoms with Gasteiger partial charge >= 0.3 is 5.97 Å². The highest BCUT2D eigenvalue weighted by atomic mass is 16.9. The number of carboxylic acid groups (broad SMARTS) is 1. The van der Waals surface area contributed by atoms with Gasteiger partial charge in [0.05, 0.1) is 19.1 Å². The molecular weight excluding hydrogens is 280 g/mol. The molecule has 3 N–H and O–H groups in total. The van der Waals surface area contributed by atoms with Crippen LogP contribution in [0.3, 0.4) is 0 Å². The number of piperazine rings is 1. The van der Waals surface area contributed by atoms with Crippen molar-refractivity contribution in [3.8, 4) is 6.07 Å². The molecule has 1 heterocycles. The van der Waals surface area contributed by atoms with Gasteiger partial charge in [0.1, 0.15) is 0 Å².